The van der Waals surface area contributed by atoms with Crippen molar-refractivity contribution in [2.45, 2.75) is 26.3 Å². The second kappa shape index (κ2) is 8.25. The molecule has 0 bridgehead atoms. The van der Waals surface area contributed by atoms with Crippen molar-refractivity contribution in [3.63, 3.8) is 0 Å². The van der Waals surface area contributed by atoms with Gasteiger partial charge >= 0.3 is 0 Å². The van der Waals surface area contributed by atoms with Crippen LogP contribution in [0.1, 0.15) is 24.7 Å². The minimum absolute atomic E-state index is 0.000785. The number of carbonyl (C=O) groups excluding carboxylic acids is 1. The predicted octanol–water partition coefficient (Wildman–Crippen LogP) is 4.90. The van der Waals surface area contributed by atoms with Crippen molar-refractivity contribution >= 4 is 51.9 Å². The lowest BCUT2D eigenvalue weighted by atomic mass is 10.2. The van der Waals surface area contributed by atoms with Crippen molar-refractivity contribution in [3.05, 3.63) is 56.9 Å². The molecule has 2 heterocycles. The summed E-state index contributed by atoms with van der Waals surface area (Å²) in [6.07, 6.45) is 1.47. The standard InChI is InChI=1S/C18H17Cl3N4O/c1-11(26)25(10-12-7-13(19)9-14(20)8-12)6-2-3-17-22-15-4-5-16(21)23-18(15)24-17/h4-5,7-9H,2-3,6,10H2,1H3,(H,22,23,24). The molecule has 1 N–H and O–H groups in total. The number of carbonyl (C=O) groups is 1. The summed E-state index contributed by atoms with van der Waals surface area (Å²) in [6, 6.07) is 8.85. The van der Waals surface area contributed by atoms with Gasteiger partial charge in [-0.15, -0.1) is 0 Å². The van der Waals surface area contributed by atoms with Crippen LogP contribution < -0.4 is 0 Å². The smallest absolute Gasteiger partial charge is 0.219 e. The van der Waals surface area contributed by atoms with E-state index in [0.717, 1.165) is 23.3 Å². The Bertz CT molecular complexity index is 921. The number of hydrogen-bond donors (Lipinski definition) is 1. The highest BCUT2D eigenvalue weighted by Gasteiger charge is 2.11. The molecule has 3 rings (SSSR count). The van der Waals surface area contributed by atoms with Crippen LogP contribution in [-0.2, 0) is 17.8 Å². The molecule has 0 atom stereocenters. The third kappa shape index (κ3) is 4.87. The van der Waals surface area contributed by atoms with E-state index >= 15 is 0 Å². The predicted molar refractivity (Wildman–Crippen MR) is 105 cm³/mol. The first-order valence-electron chi connectivity index (χ1n) is 8.12. The molecule has 0 aliphatic carbocycles. The fourth-order valence-electron chi connectivity index (χ4n) is 2.75. The lowest BCUT2D eigenvalue weighted by Crippen LogP contribution is -2.29. The summed E-state index contributed by atoms with van der Waals surface area (Å²) in [4.78, 5) is 25.6. The minimum atomic E-state index is -0.000785. The number of amides is 1. The molecule has 5 nitrogen and oxygen atoms in total. The van der Waals surface area contributed by atoms with Crippen LogP contribution in [0.15, 0.2) is 30.3 Å². The van der Waals surface area contributed by atoms with E-state index in [1.165, 1.54) is 0 Å². The molecule has 0 radical (unpaired) electrons. The van der Waals surface area contributed by atoms with Gasteiger partial charge in [0.25, 0.3) is 0 Å². The van der Waals surface area contributed by atoms with E-state index < -0.39 is 0 Å². The molecule has 0 aliphatic rings. The Morgan fingerprint density at radius 1 is 1.12 bits per heavy atom. The molecule has 0 saturated heterocycles. The van der Waals surface area contributed by atoms with Crippen LogP contribution in [0.5, 0.6) is 0 Å². The van der Waals surface area contributed by atoms with Crippen molar-refractivity contribution in [2.75, 3.05) is 6.54 Å². The largest absolute Gasteiger partial charge is 0.339 e. The number of benzene rings is 1. The molecule has 0 fully saturated rings. The molecule has 2 aromatic heterocycles. The maximum Gasteiger partial charge on any atom is 0.219 e. The Labute approximate surface area is 166 Å². The van der Waals surface area contributed by atoms with E-state index in [4.69, 9.17) is 34.8 Å². The van der Waals surface area contributed by atoms with Gasteiger partial charge in [0, 0.05) is 36.5 Å². The van der Waals surface area contributed by atoms with E-state index in [1.807, 2.05) is 18.2 Å². The van der Waals surface area contributed by atoms with Gasteiger partial charge in [0.2, 0.25) is 5.91 Å². The van der Waals surface area contributed by atoms with Crippen molar-refractivity contribution in [1.82, 2.24) is 19.9 Å². The molecule has 1 amide bonds. The molecule has 136 valence electrons. The van der Waals surface area contributed by atoms with Gasteiger partial charge in [-0.05, 0) is 42.3 Å². The molecule has 0 aliphatic heterocycles. The summed E-state index contributed by atoms with van der Waals surface area (Å²) in [6.45, 7) is 2.62. The zero-order chi connectivity index (χ0) is 18.7. The average molecular weight is 412 g/mol. The molecule has 1 aromatic carbocycles. The first kappa shape index (κ1) is 19.0. The zero-order valence-corrected chi connectivity index (χ0v) is 16.4. The Kier molecular flexibility index (Phi) is 6.01. The Morgan fingerprint density at radius 2 is 1.85 bits per heavy atom. The maximum atomic E-state index is 12.0. The number of hydrogen-bond acceptors (Lipinski definition) is 3. The molecule has 0 saturated carbocycles. The summed E-state index contributed by atoms with van der Waals surface area (Å²) in [5.41, 5.74) is 2.35. The molecule has 26 heavy (non-hydrogen) atoms. The van der Waals surface area contributed by atoms with E-state index in [1.54, 1.807) is 24.0 Å². The first-order chi connectivity index (χ1) is 12.4. The molecular formula is C18H17Cl3N4O. The van der Waals surface area contributed by atoms with Gasteiger partial charge in [-0.2, -0.15) is 0 Å². The minimum Gasteiger partial charge on any atom is -0.339 e. The summed E-state index contributed by atoms with van der Waals surface area (Å²) < 4.78 is 0. The number of halogens is 3. The number of nitrogens with one attached hydrogen (secondary N) is 1. The van der Waals surface area contributed by atoms with Gasteiger partial charge in [-0.3, -0.25) is 4.79 Å². The molecule has 0 spiro atoms. The van der Waals surface area contributed by atoms with Gasteiger partial charge in [0.15, 0.2) is 5.65 Å². The van der Waals surface area contributed by atoms with Crippen LogP contribution in [-0.4, -0.2) is 32.3 Å². The number of H-pyrrole nitrogens is 1. The molecule has 0 unspecified atom stereocenters. The van der Waals surface area contributed by atoms with Crippen molar-refractivity contribution in [3.8, 4) is 0 Å². The maximum absolute atomic E-state index is 12.0. The Morgan fingerprint density at radius 3 is 2.54 bits per heavy atom. The fraction of sp³-hybridized carbons (Fsp3) is 0.278. The number of nitrogens with zero attached hydrogens (tertiary/aromatic N) is 3. The van der Waals surface area contributed by atoms with E-state index in [9.17, 15) is 4.79 Å². The SMILES string of the molecule is CC(=O)N(CCCc1nc2ccc(Cl)nc2[nH]1)Cc1cc(Cl)cc(Cl)c1. The van der Waals surface area contributed by atoms with Gasteiger partial charge < -0.3 is 9.88 Å². The van der Waals surface area contributed by atoms with Gasteiger partial charge in [0.05, 0.1) is 0 Å². The monoisotopic (exact) mass is 410 g/mol. The number of aromatic nitrogens is 3. The second-order valence-corrected chi connectivity index (χ2v) is 7.27. The van der Waals surface area contributed by atoms with Crippen LogP contribution >= 0.6 is 34.8 Å². The number of imidazole rings is 1. The van der Waals surface area contributed by atoms with Crippen LogP contribution in [0, 0.1) is 0 Å². The topological polar surface area (TPSA) is 61.9 Å². The number of pyridine rings is 1. The van der Waals surface area contributed by atoms with Gasteiger partial charge in [-0.1, -0.05) is 34.8 Å². The molecule has 3 aromatic rings. The van der Waals surface area contributed by atoms with Crippen LogP contribution in [0.25, 0.3) is 11.2 Å². The normalized spacial score (nSPS) is 11.1. The summed E-state index contributed by atoms with van der Waals surface area (Å²) in [5, 5.41) is 1.55. The van der Waals surface area contributed by atoms with Gasteiger partial charge in [0.1, 0.15) is 16.5 Å². The summed E-state index contributed by atoms with van der Waals surface area (Å²) in [5.74, 6) is 0.822. The second-order valence-electron chi connectivity index (χ2n) is 6.01. The third-order valence-corrected chi connectivity index (χ3v) is 4.59. The Balaban J connectivity index is 1.62. The fourth-order valence-corrected chi connectivity index (χ4v) is 3.47. The van der Waals surface area contributed by atoms with Crippen LogP contribution in [0.2, 0.25) is 15.2 Å². The average Bonchev–Trinajstić information content (AvgIpc) is 2.94. The van der Waals surface area contributed by atoms with Crippen molar-refractivity contribution in [2.24, 2.45) is 0 Å². The molecular weight excluding hydrogens is 395 g/mol. The number of aryl methyl sites for hydroxylation is 1. The van der Waals surface area contributed by atoms with Gasteiger partial charge in [-0.25, -0.2) is 9.97 Å². The number of fused-ring (bicyclic) bond motifs is 1. The zero-order valence-electron chi connectivity index (χ0n) is 14.1. The van der Waals surface area contributed by atoms with Crippen LogP contribution in [0.4, 0.5) is 0 Å². The van der Waals surface area contributed by atoms with Crippen molar-refractivity contribution in [1.29, 1.82) is 0 Å². The highest BCUT2D eigenvalue weighted by Crippen LogP contribution is 2.20. The summed E-state index contributed by atoms with van der Waals surface area (Å²) in [7, 11) is 0. The highest BCUT2D eigenvalue weighted by molar-refractivity contribution is 6.34. The number of rotatable bonds is 6. The lowest BCUT2D eigenvalue weighted by molar-refractivity contribution is -0.129. The molecule has 8 heteroatoms. The van der Waals surface area contributed by atoms with Crippen molar-refractivity contribution < 1.29 is 4.79 Å². The summed E-state index contributed by atoms with van der Waals surface area (Å²) >= 11 is 17.9. The van der Waals surface area contributed by atoms with E-state index in [2.05, 4.69) is 15.0 Å². The quantitative estimate of drug-likeness (QED) is 0.587. The van der Waals surface area contributed by atoms with Crippen LogP contribution in [0.3, 0.4) is 0 Å². The first-order valence-corrected chi connectivity index (χ1v) is 9.26. The Hall–Kier alpha value is -1.82. The van der Waals surface area contributed by atoms with E-state index in [0.29, 0.717) is 40.4 Å². The third-order valence-electron chi connectivity index (χ3n) is 3.94. The number of aromatic amines is 1. The lowest BCUT2D eigenvalue weighted by Gasteiger charge is -2.21. The highest BCUT2D eigenvalue weighted by atomic mass is 35.5. The van der Waals surface area contributed by atoms with E-state index in [-0.39, 0.29) is 5.91 Å².